The molecule has 1 aliphatic carbocycles. The van der Waals surface area contributed by atoms with Gasteiger partial charge >= 0.3 is 0 Å². The molecule has 0 aliphatic heterocycles. The number of nitrogens with one attached hydrogen (secondary N) is 2. The average molecular weight is 593 g/mol. The van der Waals surface area contributed by atoms with E-state index in [-0.39, 0.29) is 45.1 Å². The summed E-state index contributed by atoms with van der Waals surface area (Å²) in [7, 11) is 3.62. The van der Waals surface area contributed by atoms with Crippen LogP contribution in [-0.4, -0.2) is 36.3 Å². The first-order valence-electron chi connectivity index (χ1n) is 9.96. The van der Waals surface area contributed by atoms with Gasteiger partial charge in [0.2, 0.25) is 0 Å². The van der Waals surface area contributed by atoms with E-state index < -0.39 is 5.82 Å². The molecule has 174 valence electrons. The number of hydrogen-bond donors (Lipinski definition) is 2. The maximum atomic E-state index is 13.5. The van der Waals surface area contributed by atoms with Crippen molar-refractivity contribution in [2.24, 2.45) is 0 Å². The molecular weight excluding hydrogens is 567 g/mol. The van der Waals surface area contributed by atoms with E-state index in [1.165, 1.54) is 18.5 Å². The number of methoxy groups -OCH3 is 1. The first-order chi connectivity index (χ1) is 14.6. The second kappa shape index (κ2) is 12.0. The topological polar surface area (TPSA) is 68.3 Å². The zero-order valence-corrected chi connectivity index (χ0v) is 21.9. The monoisotopic (exact) mass is 590 g/mol. The summed E-state index contributed by atoms with van der Waals surface area (Å²) in [6, 6.07) is 8.73. The summed E-state index contributed by atoms with van der Waals surface area (Å²) in [5, 5.41) is 7.34. The van der Waals surface area contributed by atoms with Gasteiger partial charge in [0.15, 0.2) is 11.5 Å². The fraction of sp³-hybridized carbons (Fsp3) is 0.364. The molecule has 3 aromatic rings. The SMILES string of the molecule is Br.Br.CNC1CCC(Oc2cc3c(Nc4ccc(F)c(Cl)c4)ncnc3cc2OC)CC1. The molecule has 4 rings (SSSR count). The summed E-state index contributed by atoms with van der Waals surface area (Å²) in [5.74, 6) is 1.40. The Hall–Kier alpha value is -1.68. The fourth-order valence-corrected chi connectivity index (χ4v) is 3.96. The van der Waals surface area contributed by atoms with Crippen LogP contribution in [-0.2, 0) is 0 Å². The minimum absolute atomic E-state index is 0. The molecule has 0 spiro atoms. The molecular formula is C22H26Br2ClFN4O2. The van der Waals surface area contributed by atoms with Crippen molar-refractivity contribution in [2.45, 2.75) is 37.8 Å². The Labute approximate surface area is 212 Å². The Morgan fingerprint density at radius 2 is 1.78 bits per heavy atom. The molecule has 0 bridgehead atoms. The van der Waals surface area contributed by atoms with E-state index in [9.17, 15) is 4.39 Å². The van der Waals surface area contributed by atoms with E-state index in [4.69, 9.17) is 21.1 Å². The second-order valence-corrected chi connectivity index (χ2v) is 7.78. The van der Waals surface area contributed by atoms with Crippen LogP contribution in [0.5, 0.6) is 11.5 Å². The number of benzene rings is 2. The number of hydrogen-bond acceptors (Lipinski definition) is 6. The third-order valence-corrected chi connectivity index (χ3v) is 5.77. The predicted molar refractivity (Wildman–Crippen MR) is 137 cm³/mol. The lowest BCUT2D eigenvalue weighted by molar-refractivity contribution is 0.137. The number of ether oxygens (including phenoxy) is 2. The molecule has 2 N–H and O–H groups in total. The van der Waals surface area contributed by atoms with E-state index in [0.29, 0.717) is 34.6 Å². The molecule has 0 amide bonds. The third-order valence-electron chi connectivity index (χ3n) is 5.48. The quantitative estimate of drug-likeness (QED) is 0.353. The highest BCUT2D eigenvalue weighted by atomic mass is 79.9. The third kappa shape index (κ3) is 6.01. The smallest absolute Gasteiger partial charge is 0.162 e. The highest BCUT2D eigenvalue weighted by molar-refractivity contribution is 8.93. The van der Waals surface area contributed by atoms with Gasteiger partial charge in [0, 0.05) is 23.2 Å². The Morgan fingerprint density at radius 3 is 2.44 bits per heavy atom. The van der Waals surface area contributed by atoms with Crippen molar-refractivity contribution in [3.8, 4) is 11.5 Å². The molecule has 1 saturated carbocycles. The van der Waals surface area contributed by atoms with Gasteiger partial charge in [-0.05, 0) is 57.0 Å². The largest absolute Gasteiger partial charge is 0.493 e. The minimum atomic E-state index is -0.469. The molecule has 1 aliphatic rings. The van der Waals surface area contributed by atoms with Crippen LogP contribution >= 0.6 is 45.6 Å². The van der Waals surface area contributed by atoms with Crippen LogP contribution in [0.25, 0.3) is 10.9 Å². The fourth-order valence-electron chi connectivity index (χ4n) is 3.77. The van der Waals surface area contributed by atoms with Crippen LogP contribution in [0.1, 0.15) is 25.7 Å². The average Bonchev–Trinajstić information content (AvgIpc) is 2.77. The van der Waals surface area contributed by atoms with Gasteiger partial charge < -0.3 is 20.1 Å². The summed E-state index contributed by atoms with van der Waals surface area (Å²) in [4.78, 5) is 8.71. The molecule has 0 unspecified atom stereocenters. The van der Waals surface area contributed by atoms with Crippen LogP contribution in [0, 0.1) is 5.82 Å². The highest BCUT2D eigenvalue weighted by Crippen LogP contribution is 2.37. The summed E-state index contributed by atoms with van der Waals surface area (Å²) >= 11 is 5.90. The lowest BCUT2D eigenvalue weighted by Crippen LogP contribution is -2.34. The number of nitrogens with zero attached hydrogens (tertiary/aromatic N) is 2. The standard InChI is InChI=1S/C22H24ClFN4O2.2BrH/c1-25-13-3-6-15(7-4-13)30-21-10-16-19(11-20(21)29-2)26-12-27-22(16)28-14-5-8-18(24)17(23)9-14;;/h5,8-13,15,25H,3-4,6-7H2,1-2H3,(H,26,27,28);2*1H. The maximum absolute atomic E-state index is 13.5. The van der Waals surface area contributed by atoms with Crippen molar-refractivity contribution >= 4 is 68.0 Å². The van der Waals surface area contributed by atoms with Crippen molar-refractivity contribution in [1.82, 2.24) is 15.3 Å². The second-order valence-electron chi connectivity index (χ2n) is 7.38. The lowest BCUT2D eigenvalue weighted by Gasteiger charge is -2.29. The van der Waals surface area contributed by atoms with Crippen molar-refractivity contribution in [3.63, 3.8) is 0 Å². The van der Waals surface area contributed by atoms with E-state index in [0.717, 1.165) is 31.1 Å². The van der Waals surface area contributed by atoms with Gasteiger partial charge in [-0.1, -0.05) is 11.6 Å². The van der Waals surface area contributed by atoms with Gasteiger partial charge in [0.1, 0.15) is 18.0 Å². The summed E-state index contributed by atoms with van der Waals surface area (Å²) < 4.78 is 25.3. The van der Waals surface area contributed by atoms with Gasteiger partial charge in [-0.15, -0.1) is 34.0 Å². The molecule has 6 nitrogen and oxygen atoms in total. The molecule has 32 heavy (non-hydrogen) atoms. The first kappa shape index (κ1) is 26.6. The molecule has 1 fully saturated rings. The molecule has 0 atom stereocenters. The van der Waals surface area contributed by atoms with Gasteiger partial charge in [0.05, 0.1) is 23.8 Å². The normalized spacial score (nSPS) is 17.8. The van der Waals surface area contributed by atoms with Crippen LogP contribution in [0.15, 0.2) is 36.7 Å². The summed E-state index contributed by atoms with van der Waals surface area (Å²) in [6.07, 6.45) is 5.73. The predicted octanol–water partition coefficient (Wildman–Crippen LogP) is 6.24. The number of rotatable bonds is 6. The summed E-state index contributed by atoms with van der Waals surface area (Å²) in [5.41, 5.74) is 1.34. The van der Waals surface area contributed by atoms with Crippen molar-refractivity contribution in [3.05, 3.63) is 47.5 Å². The summed E-state index contributed by atoms with van der Waals surface area (Å²) in [6.45, 7) is 0. The van der Waals surface area contributed by atoms with E-state index >= 15 is 0 Å². The molecule has 1 heterocycles. The number of anilines is 2. The Kier molecular flexibility index (Phi) is 9.94. The Bertz CT molecular complexity index is 1050. The van der Waals surface area contributed by atoms with E-state index in [2.05, 4.69) is 20.6 Å². The van der Waals surface area contributed by atoms with Crippen LogP contribution in [0.3, 0.4) is 0 Å². The van der Waals surface area contributed by atoms with Gasteiger partial charge in [-0.3, -0.25) is 0 Å². The van der Waals surface area contributed by atoms with Gasteiger partial charge in [-0.25, -0.2) is 14.4 Å². The molecule has 2 aromatic carbocycles. The molecule has 10 heteroatoms. The van der Waals surface area contributed by atoms with Crippen LogP contribution in [0.2, 0.25) is 5.02 Å². The highest BCUT2D eigenvalue weighted by Gasteiger charge is 2.23. The lowest BCUT2D eigenvalue weighted by atomic mass is 9.93. The van der Waals surface area contributed by atoms with Crippen molar-refractivity contribution in [1.29, 1.82) is 0 Å². The number of aromatic nitrogens is 2. The molecule has 0 saturated heterocycles. The Balaban J connectivity index is 0.00000181. The maximum Gasteiger partial charge on any atom is 0.162 e. The van der Waals surface area contributed by atoms with Crippen LogP contribution < -0.4 is 20.1 Å². The van der Waals surface area contributed by atoms with E-state index in [1.54, 1.807) is 13.2 Å². The zero-order valence-electron chi connectivity index (χ0n) is 17.7. The van der Waals surface area contributed by atoms with Gasteiger partial charge in [0.25, 0.3) is 0 Å². The first-order valence-corrected chi connectivity index (χ1v) is 10.3. The van der Waals surface area contributed by atoms with Crippen LogP contribution in [0.4, 0.5) is 15.9 Å². The number of fused-ring (bicyclic) bond motifs is 1. The van der Waals surface area contributed by atoms with Crippen molar-refractivity contribution < 1.29 is 13.9 Å². The Morgan fingerprint density at radius 1 is 1.03 bits per heavy atom. The van der Waals surface area contributed by atoms with Crippen molar-refractivity contribution in [2.75, 3.05) is 19.5 Å². The molecule has 0 radical (unpaired) electrons. The molecule has 1 aromatic heterocycles. The zero-order chi connectivity index (χ0) is 21.1. The van der Waals surface area contributed by atoms with Gasteiger partial charge in [-0.2, -0.15) is 0 Å². The number of halogens is 4. The van der Waals surface area contributed by atoms with E-state index in [1.807, 2.05) is 19.2 Å². The minimum Gasteiger partial charge on any atom is -0.493 e.